The predicted octanol–water partition coefficient (Wildman–Crippen LogP) is 1.54. The first kappa shape index (κ1) is 9.33. The summed E-state index contributed by atoms with van der Waals surface area (Å²) in [6.45, 7) is -0.567. The molecule has 0 aromatic heterocycles. The number of hydrogen-bond acceptors (Lipinski definition) is 2. The zero-order valence-electron chi connectivity index (χ0n) is 6.43. The molecule has 1 aliphatic rings. The number of rotatable bonds is 1. The van der Waals surface area contributed by atoms with Gasteiger partial charge in [-0.1, -0.05) is 0 Å². The van der Waals surface area contributed by atoms with Gasteiger partial charge in [-0.15, -0.1) is 0 Å². The molecule has 0 aliphatic carbocycles. The van der Waals surface area contributed by atoms with Gasteiger partial charge in [-0.2, -0.15) is 18.4 Å². The second-order valence-corrected chi connectivity index (χ2v) is 2.87. The highest BCUT2D eigenvalue weighted by Gasteiger charge is 2.35. The van der Waals surface area contributed by atoms with Crippen LogP contribution in [0.25, 0.3) is 0 Å². The largest absolute Gasteiger partial charge is 0.401 e. The van der Waals surface area contributed by atoms with Crippen LogP contribution in [0.5, 0.6) is 0 Å². The lowest BCUT2D eigenvalue weighted by molar-refractivity contribution is -0.145. The van der Waals surface area contributed by atoms with Crippen LogP contribution in [-0.4, -0.2) is 30.2 Å². The first-order chi connectivity index (χ1) is 5.53. The van der Waals surface area contributed by atoms with Crippen molar-refractivity contribution in [2.24, 2.45) is 0 Å². The van der Waals surface area contributed by atoms with Gasteiger partial charge in [-0.25, -0.2) is 0 Å². The van der Waals surface area contributed by atoms with Crippen LogP contribution in [0.3, 0.4) is 0 Å². The third-order valence-corrected chi connectivity index (χ3v) is 1.90. The molecular formula is C7H9F3N2. The quantitative estimate of drug-likeness (QED) is 0.609. The Labute approximate surface area is 68.6 Å². The van der Waals surface area contributed by atoms with E-state index in [1.165, 1.54) is 4.90 Å². The van der Waals surface area contributed by atoms with E-state index >= 15 is 0 Å². The van der Waals surface area contributed by atoms with Crippen LogP contribution in [0, 0.1) is 11.3 Å². The van der Waals surface area contributed by atoms with Crippen molar-refractivity contribution in [3.05, 3.63) is 0 Å². The zero-order chi connectivity index (χ0) is 9.19. The monoisotopic (exact) mass is 178 g/mol. The van der Waals surface area contributed by atoms with Gasteiger partial charge in [0, 0.05) is 0 Å². The Balaban J connectivity index is 2.48. The van der Waals surface area contributed by atoms with Gasteiger partial charge >= 0.3 is 6.18 Å². The van der Waals surface area contributed by atoms with Crippen molar-refractivity contribution in [1.82, 2.24) is 4.90 Å². The Bertz CT molecular complexity index is 194. The van der Waals surface area contributed by atoms with Gasteiger partial charge in [0.15, 0.2) is 0 Å². The summed E-state index contributed by atoms with van der Waals surface area (Å²) in [4.78, 5) is 1.18. The molecule has 0 spiro atoms. The summed E-state index contributed by atoms with van der Waals surface area (Å²) >= 11 is 0. The molecule has 5 heteroatoms. The van der Waals surface area contributed by atoms with E-state index in [9.17, 15) is 13.2 Å². The second kappa shape index (κ2) is 3.31. The van der Waals surface area contributed by atoms with Crippen molar-refractivity contribution in [3.63, 3.8) is 0 Å². The molecule has 68 valence electrons. The van der Waals surface area contributed by atoms with Crippen LogP contribution in [0.4, 0.5) is 13.2 Å². The average molecular weight is 178 g/mol. The lowest BCUT2D eigenvalue weighted by Crippen LogP contribution is -2.36. The maximum absolute atomic E-state index is 11.9. The summed E-state index contributed by atoms with van der Waals surface area (Å²) in [5.74, 6) is 0. The molecule has 0 aromatic carbocycles. The molecule has 0 saturated carbocycles. The Kier molecular flexibility index (Phi) is 2.58. The summed E-state index contributed by atoms with van der Waals surface area (Å²) in [5.41, 5.74) is 0. The van der Waals surface area contributed by atoms with E-state index in [1.54, 1.807) is 0 Å². The second-order valence-electron chi connectivity index (χ2n) is 2.87. The highest BCUT2D eigenvalue weighted by molar-refractivity contribution is 4.96. The summed E-state index contributed by atoms with van der Waals surface area (Å²) in [7, 11) is 0. The molecule has 0 aromatic rings. The maximum Gasteiger partial charge on any atom is 0.401 e. The van der Waals surface area contributed by atoms with Crippen molar-refractivity contribution in [2.75, 3.05) is 13.1 Å². The normalized spacial score (nSPS) is 25.7. The Morgan fingerprint density at radius 2 is 2.17 bits per heavy atom. The van der Waals surface area contributed by atoms with Gasteiger partial charge < -0.3 is 0 Å². The van der Waals surface area contributed by atoms with Crippen molar-refractivity contribution in [2.45, 2.75) is 25.1 Å². The number of nitrogens with zero attached hydrogens (tertiary/aromatic N) is 2. The van der Waals surface area contributed by atoms with E-state index in [1.807, 2.05) is 6.07 Å². The van der Waals surface area contributed by atoms with Crippen LogP contribution in [0.1, 0.15) is 12.8 Å². The Morgan fingerprint density at radius 3 is 2.67 bits per heavy atom. The molecule has 1 heterocycles. The molecular weight excluding hydrogens is 169 g/mol. The third-order valence-electron chi connectivity index (χ3n) is 1.90. The van der Waals surface area contributed by atoms with Gasteiger partial charge in [0.05, 0.1) is 18.7 Å². The van der Waals surface area contributed by atoms with E-state index < -0.39 is 18.8 Å². The highest BCUT2D eigenvalue weighted by atomic mass is 19.4. The third kappa shape index (κ3) is 2.38. The van der Waals surface area contributed by atoms with E-state index in [0.29, 0.717) is 19.4 Å². The number of alkyl halides is 3. The first-order valence-corrected chi connectivity index (χ1v) is 3.73. The predicted molar refractivity (Wildman–Crippen MR) is 36.3 cm³/mol. The van der Waals surface area contributed by atoms with Crippen LogP contribution in [0.15, 0.2) is 0 Å². The van der Waals surface area contributed by atoms with Crippen molar-refractivity contribution in [3.8, 4) is 6.07 Å². The van der Waals surface area contributed by atoms with Gasteiger partial charge in [-0.05, 0) is 19.4 Å². The standard InChI is InChI=1S/C7H9F3N2/c8-7(9,10)5-12-3-1-2-6(12)4-11/h6H,1-3,5H2. The fraction of sp³-hybridized carbons (Fsp3) is 0.857. The fourth-order valence-electron chi connectivity index (χ4n) is 1.39. The number of nitriles is 1. The smallest absolute Gasteiger partial charge is 0.279 e. The van der Waals surface area contributed by atoms with Crippen LogP contribution < -0.4 is 0 Å². The molecule has 1 atom stereocenters. The molecule has 1 saturated heterocycles. The molecule has 2 nitrogen and oxygen atoms in total. The minimum atomic E-state index is -4.18. The van der Waals surface area contributed by atoms with Gasteiger partial charge in [0.2, 0.25) is 0 Å². The highest BCUT2D eigenvalue weighted by Crippen LogP contribution is 2.23. The summed E-state index contributed by atoms with van der Waals surface area (Å²) in [6, 6.07) is 1.33. The van der Waals surface area contributed by atoms with E-state index in [-0.39, 0.29) is 0 Å². The SMILES string of the molecule is N#CC1CCCN1CC(F)(F)F. The van der Waals surface area contributed by atoms with Crippen molar-refractivity contribution >= 4 is 0 Å². The molecule has 1 rings (SSSR count). The molecule has 1 fully saturated rings. The number of hydrogen-bond donors (Lipinski definition) is 0. The average Bonchev–Trinajstić information content (AvgIpc) is 2.31. The van der Waals surface area contributed by atoms with Gasteiger partial charge in [0.25, 0.3) is 0 Å². The zero-order valence-corrected chi connectivity index (χ0v) is 6.43. The summed E-state index contributed by atoms with van der Waals surface area (Å²) in [5, 5.41) is 8.47. The molecule has 0 N–H and O–H groups in total. The minimum Gasteiger partial charge on any atom is -0.279 e. The fourth-order valence-corrected chi connectivity index (χ4v) is 1.39. The topological polar surface area (TPSA) is 27.0 Å². The maximum atomic E-state index is 11.9. The molecule has 12 heavy (non-hydrogen) atoms. The molecule has 0 bridgehead atoms. The molecule has 0 amide bonds. The number of likely N-dealkylation sites (tertiary alicyclic amines) is 1. The molecule has 0 radical (unpaired) electrons. The first-order valence-electron chi connectivity index (χ1n) is 3.73. The van der Waals surface area contributed by atoms with Gasteiger partial charge in [0.1, 0.15) is 0 Å². The Morgan fingerprint density at radius 1 is 1.50 bits per heavy atom. The van der Waals surface area contributed by atoms with Gasteiger partial charge in [-0.3, -0.25) is 4.90 Å². The summed E-state index contributed by atoms with van der Waals surface area (Å²) in [6.07, 6.45) is -2.93. The number of halogens is 3. The minimum absolute atomic E-state index is 0.387. The van der Waals surface area contributed by atoms with E-state index in [4.69, 9.17) is 5.26 Å². The van der Waals surface area contributed by atoms with E-state index in [0.717, 1.165) is 0 Å². The van der Waals surface area contributed by atoms with Crippen molar-refractivity contribution < 1.29 is 13.2 Å². The van der Waals surface area contributed by atoms with Crippen LogP contribution in [0.2, 0.25) is 0 Å². The summed E-state index contributed by atoms with van der Waals surface area (Å²) < 4.78 is 35.6. The van der Waals surface area contributed by atoms with E-state index in [2.05, 4.69) is 0 Å². The lowest BCUT2D eigenvalue weighted by atomic mass is 10.2. The Hall–Kier alpha value is -0.760. The van der Waals surface area contributed by atoms with Crippen LogP contribution >= 0.6 is 0 Å². The lowest BCUT2D eigenvalue weighted by Gasteiger charge is -2.20. The van der Waals surface area contributed by atoms with Crippen molar-refractivity contribution in [1.29, 1.82) is 5.26 Å². The van der Waals surface area contributed by atoms with Crippen LogP contribution in [-0.2, 0) is 0 Å². The molecule has 1 aliphatic heterocycles. The molecule has 1 unspecified atom stereocenters.